The van der Waals surface area contributed by atoms with Gasteiger partial charge in [0.25, 0.3) is 0 Å². The molecule has 3 nitrogen and oxygen atoms in total. The summed E-state index contributed by atoms with van der Waals surface area (Å²) in [7, 11) is 0. The fourth-order valence-corrected chi connectivity index (χ4v) is 3.91. The van der Waals surface area contributed by atoms with Crippen molar-refractivity contribution in [3.63, 3.8) is 0 Å². The molecule has 88 valence electrons. The Morgan fingerprint density at radius 3 is 2.88 bits per heavy atom. The second kappa shape index (κ2) is 4.32. The maximum absolute atomic E-state index is 6.25. The van der Waals surface area contributed by atoms with Crippen molar-refractivity contribution in [2.45, 2.75) is 44.6 Å². The molecule has 0 bridgehead atoms. The standard InChI is InChI=1S/C12H19N3S/c13-12-10-5-1-2-6-11(10)14-15(12)9-4-3-7-16-8-9/h9H,1-8,13H2. The average Bonchev–Trinajstić information content (AvgIpc) is 2.69. The largest absolute Gasteiger partial charge is 0.384 e. The summed E-state index contributed by atoms with van der Waals surface area (Å²) in [6.07, 6.45) is 7.38. The lowest BCUT2D eigenvalue weighted by Crippen LogP contribution is -2.19. The third-order valence-electron chi connectivity index (χ3n) is 3.71. The minimum Gasteiger partial charge on any atom is -0.384 e. The van der Waals surface area contributed by atoms with E-state index >= 15 is 0 Å². The Morgan fingerprint density at radius 1 is 1.25 bits per heavy atom. The molecule has 2 heterocycles. The van der Waals surface area contributed by atoms with Crippen LogP contribution in [0.3, 0.4) is 0 Å². The topological polar surface area (TPSA) is 43.8 Å². The second-order valence-corrected chi connectivity index (χ2v) is 5.98. The quantitative estimate of drug-likeness (QED) is 0.815. The predicted molar refractivity (Wildman–Crippen MR) is 68.9 cm³/mol. The van der Waals surface area contributed by atoms with E-state index in [2.05, 4.69) is 4.68 Å². The van der Waals surface area contributed by atoms with Crippen molar-refractivity contribution in [3.8, 4) is 0 Å². The highest BCUT2D eigenvalue weighted by Crippen LogP contribution is 2.32. The number of nitrogen functional groups attached to an aromatic ring is 1. The number of rotatable bonds is 1. The van der Waals surface area contributed by atoms with Crippen molar-refractivity contribution in [1.82, 2.24) is 9.78 Å². The van der Waals surface area contributed by atoms with Gasteiger partial charge in [-0.3, -0.25) is 0 Å². The first-order valence-corrected chi connectivity index (χ1v) is 7.45. The van der Waals surface area contributed by atoms with Crippen LogP contribution in [0.2, 0.25) is 0 Å². The van der Waals surface area contributed by atoms with Gasteiger partial charge in [0.2, 0.25) is 0 Å². The van der Waals surface area contributed by atoms with Crippen molar-refractivity contribution < 1.29 is 0 Å². The number of fused-ring (bicyclic) bond motifs is 1. The van der Waals surface area contributed by atoms with Gasteiger partial charge in [-0.2, -0.15) is 16.9 Å². The number of hydrogen-bond acceptors (Lipinski definition) is 3. The van der Waals surface area contributed by atoms with Crippen LogP contribution < -0.4 is 5.73 Å². The summed E-state index contributed by atoms with van der Waals surface area (Å²) in [6.45, 7) is 0. The van der Waals surface area contributed by atoms with Gasteiger partial charge in [-0.05, 0) is 44.3 Å². The minimum atomic E-state index is 0.546. The zero-order valence-corrected chi connectivity index (χ0v) is 10.4. The molecular weight excluding hydrogens is 218 g/mol. The van der Waals surface area contributed by atoms with Crippen molar-refractivity contribution in [2.24, 2.45) is 0 Å². The third-order valence-corrected chi connectivity index (χ3v) is 4.90. The number of thioether (sulfide) groups is 1. The summed E-state index contributed by atoms with van der Waals surface area (Å²) < 4.78 is 2.13. The molecule has 1 aliphatic carbocycles. The van der Waals surface area contributed by atoms with Crippen molar-refractivity contribution in [1.29, 1.82) is 0 Å². The lowest BCUT2D eigenvalue weighted by Gasteiger charge is -2.22. The molecule has 0 amide bonds. The van der Waals surface area contributed by atoms with Gasteiger partial charge >= 0.3 is 0 Å². The summed E-state index contributed by atoms with van der Waals surface area (Å²) in [4.78, 5) is 0. The molecule has 0 spiro atoms. The molecule has 0 radical (unpaired) electrons. The molecule has 16 heavy (non-hydrogen) atoms. The first kappa shape index (κ1) is 10.5. The molecule has 1 unspecified atom stereocenters. The monoisotopic (exact) mass is 237 g/mol. The molecular formula is C12H19N3S. The summed E-state index contributed by atoms with van der Waals surface area (Å²) in [6, 6.07) is 0.546. The third kappa shape index (κ3) is 1.73. The first-order chi connectivity index (χ1) is 7.86. The van der Waals surface area contributed by atoms with Gasteiger partial charge in [-0.25, -0.2) is 4.68 Å². The molecule has 1 atom stereocenters. The van der Waals surface area contributed by atoms with Crippen LogP contribution in [-0.4, -0.2) is 21.3 Å². The Bertz CT molecular complexity index is 380. The Labute approximate surface area is 101 Å². The molecule has 2 aliphatic rings. The van der Waals surface area contributed by atoms with E-state index in [1.165, 1.54) is 48.4 Å². The number of aryl methyl sites for hydroxylation is 1. The summed E-state index contributed by atoms with van der Waals surface area (Å²) in [5, 5.41) is 4.75. The van der Waals surface area contributed by atoms with E-state index in [9.17, 15) is 0 Å². The maximum Gasteiger partial charge on any atom is 0.125 e. The Kier molecular flexibility index (Phi) is 2.84. The lowest BCUT2D eigenvalue weighted by molar-refractivity contribution is 0.457. The normalized spacial score (nSPS) is 25.4. The van der Waals surface area contributed by atoms with E-state index in [4.69, 9.17) is 10.8 Å². The summed E-state index contributed by atoms with van der Waals surface area (Å²) >= 11 is 2.04. The van der Waals surface area contributed by atoms with Crippen molar-refractivity contribution in [3.05, 3.63) is 11.3 Å². The van der Waals surface area contributed by atoms with Gasteiger partial charge in [-0.15, -0.1) is 0 Å². The molecule has 1 aromatic heterocycles. The SMILES string of the molecule is Nc1c2c(nn1C1CCCSC1)CCCC2. The number of aromatic nitrogens is 2. The lowest BCUT2D eigenvalue weighted by atomic mass is 9.98. The van der Waals surface area contributed by atoms with Crippen molar-refractivity contribution >= 4 is 17.6 Å². The van der Waals surface area contributed by atoms with E-state index in [1.807, 2.05) is 11.8 Å². The van der Waals surface area contributed by atoms with Crippen LogP contribution in [0.15, 0.2) is 0 Å². The van der Waals surface area contributed by atoms with Gasteiger partial charge < -0.3 is 5.73 Å². The Morgan fingerprint density at radius 2 is 2.12 bits per heavy atom. The highest BCUT2D eigenvalue weighted by molar-refractivity contribution is 7.99. The van der Waals surface area contributed by atoms with Crippen molar-refractivity contribution in [2.75, 3.05) is 17.2 Å². The fraction of sp³-hybridized carbons (Fsp3) is 0.750. The molecule has 1 fully saturated rings. The average molecular weight is 237 g/mol. The Hall–Kier alpha value is -0.640. The van der Waals surface area contributed by atoms with Gasteiger partial charge in [0.1, 0.15) is 5.82 Å². The zero-order chi connectivity index (χ0) is 11.0. The predicted octanol–water partition coefficient (Wildman–Crippen LogP) is 2.41. The van der Waals surface area contributed by atoms with E-state index in [0.717, 1.165) is 18.7 Å². The van der Waals surface area contributed by atoms with Gasteiger partial charge in [0.15, 0.2) is 0 Å². The molecule has 3 rings (SSSR count). The van der Waals surface area contributed by atoms with E-state index < -0.39 is 0 Å². The van der Waals surface area contributed by atoms with E-state index in [-0.39, 0.29) is 0 Å². The first-order valence-electron chi connectivity index (χ1n) is 6.30. The molecule has 4 heteroatoms. The summed E-state index contributed by atoms with van der Waals surface area (Å²) in [5.74, 6) is 3.45. The smallest absolute Gasteiger partial charge is 0.125 e. The second-order valence-electron chi connectivity index (χ2n) is 4.83. The fourth-order valence-electron chi connectivity index (χ4n) is 2.79. The minimum absolute atomic E-state index is 0.546. The van der Waals surface area contributed by atoms with Crippen LogP contribution in [-0.2, 0) is 12.8 Å². The van der Waals surface area contributed by atoms with Crippen LogP contribution in [0.1, 0.15) is 43.0 Å². The highest BCUT2D eigenvalue weighted by Gasteiger charge is 2.24. The number of anilines is 1. The van der Waals surface area contributed by atoms with Gasteiger partial charge in [-0.1, -0.05) is 0 Å². The number of hydrogen-bond donors (Lipinski definition) is 1. The van der Waals surface area contributed by atoms with Gasteiger partial charge in [0.05, 0.1) is 11.7 Å². The number of nitrogens with two attached hydrogens (primary N) is 1. The zero-order valence-electron chi connectivity index (χ0n) is 9.61. The van der Waals surface area contributed by atoms with Crippen LogP contribution in [0.5, 0.6) is 0 Å². The van der Waals surface area contributed by atoms with E-state index in [1.54, 1.807) is 0 Å². The maximum atomic E-state index is 6.25. The molecule has 0 saturated carbocycles. The molecule has 0 aromatic carbocycles. The molecule has 1 aliphatic heterocycles. The highest BCUT2D eigenvalue weighted by atomic mass is 32.2. The van der Waals surface area contributed by atoms with Crippen LogP contribution >= 0.6 is 11.8 Å². The van der Waals surface area contributed by atoms with E-state index in [0.29, 0.717) is 6.04 Å². The summed E-state index contributed by atoms with van der Waals surface area (Å²) in [5.41, 5.74) is 8.87. The Balaban J connectivity index is 1.91. The van der Waals surface area contributed by atoms with Gasteiger partial charge in [0, 0.05) is 11.3 Å². The number of nitrogens with zero attached hydrogens (tertiary/aromatic N) is 2. The molecule has 1 saturated heterocycles. The van der Waals surface area contributed by atoms with Crippen LogP contribution in [0.25, 0.3) is 0 Å². The van der Waals surface area contributed by atoms with Crippen LogP contribution in [0.4, 0.5) is 5.82 Å². The molecule has 1 aromatic rings. The molecule has 2 N–H and O–H groups in total. The van der Waals surface area contributed by atoms with Crippen LogP contribution in [0, 0.1) is 0 Å².